The number of fused-ring (bicyclic) bond motifs is 1. The van der Waals surface area contributed by atoms with Gasteiger partial charge in [-0.25, -0.2) is 0 Å². The molecule has 1 aromatic heterocycles. The van der Waals surface area contributed by atoms with Crippen LogP contribution in [-0.4, -0.2) is 0 Å². The summed E-state index contributed by atoms with van der Waals surface area (Å²) in [5.41, 5.74) is 1.51. The summed E-state index contributed by atoms with van der Waals surface area (Å²) < 4.78 is 1.43. The van der Waals surface area contributed by atoms with Crippen LogP contribution in [0.25, 0.3) is 10.1 Å². The van der Waals surface area contributed by atoms with Crippen LogP contribution in [0, 0.1) is 18.8 Å². The quantitative estimate of drug-likeness (QED) is 0.492. The molecule has 0 fully saturated rings. The molecule has 1 heterocycles. The molecular formula is C21H34S. The minimum atomic E-state index is 0.853. The summed E-state index contributed by atoms with van der Waals surface area (Å²) in [5, 5.41) is 1.43. The molecule has 1 aromatic carbocycles. The molecule has 0 spiro atoms. The number of hydrogen-bond donors (Lipinski definition) is 0. The Kier molecular flexibility index (Phi) is 8.78. The van der Waals surface area contributed by atoms with Gasteiger partial charge >= 0.3 is 0 Å². The van der Waals surface area contributed by atoms with Gasteiger partial charge in [0, 0.05) is 9.58 Å². The lowest BCUT2D eigenvalue weighted by Crippen LogP contribution is -1.99. The third kappa shape index (κ3) is 6.52. The van der Waals surface area contributed by atoms with Crippen molar-refractivity contribution in [1.82, 2.24) is 0 Å². The molecular weight excluding hydrogens is 284 g/mol. The van der Waals surface area contributed by atoms with Gasteiger partial charge in [0.05, 0.1) is 0 Å². The van der Waals surface area contributed by atoms with Gasteiger partial charge in [-0.1, -0.05) is 66.0 Å². The standard InChI is InChI=1S/C19H28S.C2H6/c1-14(2)6-5-7-15(3)8-9-17-10-11-19-18(13-17)12-16(4)20-19;1-2/h10-15H,5-9H2,1-4H3;1-2H3. The van der Waals surface area contributed by atoms with Crippen LogP contribution in [0.3, 0.4) is 0 Å². The largest absolute Gasteiger partial charge is 0.141 e. The van der Waals surface area contributed by atoms with E-state index < -0.39 is 0 Å². The summed E-state index contributed by atoms with van der Waals surface area (Å²) in [4.78, 5) is 1.42. The molecule has 0 aliphatic rings. The number of rotatable bonds is 7. The maximum absolute atomic E-state index is 2.41. The summed E-state index contributed by atoms with van der Waals surface area (Å²) in [6.45, 7) is 13.3. The van der Waals surface area contributed by atoms with Crippen molar-refractivity contribution in [3.8, 4) is 0 Å². The molecule has 0 aliphatic heterocycles. The SMILES string of the molecule is CC.Cc1cc2cc(CCC(C)CCCC(C)C)ccc2s1. The van der Waals surface area contributed by atoms with Crippen molar-refractivity contribution >= 4 is 21.4 Å². The van der Waals surface area contributed by atoms with Gasteiger partial charge in [-0.2, -0.15) is 0 Å². The zero-order valence-corrected chi connectivity index (χ0v) is 16.2. The van der Waals surface area contributed by atoms with Crippen molar-refractivity contribution in [2.24, 2.45) is 11.8 Å². The maximum Gasteiger partial charge on any atom is 0.0345 e. The van der Waals surface area contributed by atoms with Crippen molar-refractivity contribution in [2.45, 2.75) is 73.6 Å². The molecule has 0 amide bonds. The van der Waals surface area contributed by atoms with E-state index in [2.05, 4.69) is 52.0 Å². The van der Waals surface area contributed by atoms with Gasteiger partial charge in [0.25, 0.3) is 0 Å². The highest BCUT2D eigenvalue weighted by Gasteiger charge is 2.05. The second kappa shape index (κ2) is 10.0. The highest BCUT2D eigenvalue weighted by molar-refractivity contribution is 7.19. The molecule has 0 saturated heterocycles. The second-order valence-electron chi connectivity index (χ2n) is 6.70. The van der Waals surface area contributed by atoms with Crippen molar-refractivity contribution in [2.75, 3.05) is 0 Å². The van der Waals surface area contributed by atoms with Crippen molar-refractivity contribution in [3.05, 3.63) is 34.7 Å². The Hall–Kier alpha value is -0.820. The third-order valence-electron chi connectivity index (χ3n) is 4.11. The van der Waals surface area contributed by atoms with E-state index in [0.29, 0.717) is 0 Å². The van der Waals surface area contributed by atoms with Gasteiger partial charge < -0.3 is 0 Å². The summed E-state index contributed by atoms with van der Waals surface area (Å²) in [6.07, 6.45) is 6.71. The molecule has 22 heavy (non-hydrogen) atoms. The predicted octanol–water partition coefficient (Wildman–Crippen LogP) is 7.63. The molecule has 1 heteroatoms. The lowest BCUT2D eigenvalue weighted by atomic mass is 9.94. The molecule has 0 nitrogen and oxygen atoms in total. The van der Waals surface area contributed by atoms with E-state index in [-0.39, 0.29) is 0 Å². The molecule has 1 atom stereocenters. The van der Waals surface area contributed by atoms with Gasteiger partial charge in [0.1, 0.15) is 0 Å². The van der Waals surface area contributed by atoms with E-state index in [1.165, 1.54) is 52.6 Å². The third-order valence-corrected chi connectivity index (χ3v) is 5.14. The number of thiophene rings is 1. The minimum Gasteiger partial charge on any atom is -0.141 e. The average Bonchev–Trinajstić information content (AvgIpc) is 2.86. The lowest BCUT2D eigenvalue weighted by Gasteiger charge is -2.12. The summed E-state index contributed by atoms with van der Waals surface area (Å²) in [6, 6.07) is 9.32. The van der Waals surface area contributed by atoms with Crippen LogP contribution < -0.4 is 0 Å². The lowest BCUT2D eigenvalue weighted by molar-refractivity contribution is 0.437. The molecule has 2 rings (SSSR count). The number of hydrogen-bond acceptors (Lipinski definition) is 1. The molecule has 0 radical (unpaired) electrons. The van der Waals surface area contributed by atoms with Crippen LogP contribution in [0.5, 0.6) is 0 Å². The fourth-order valence-electron chi connectivity index (χ4n) is 2.81. The molecule has 1 unspecified atom stereocenters. The van der Waals surface area contributed by atoms with Crippen molar-refractivity contribution < 1.29 is 0 Å². The fraction of sp³-hybridized carbons (Fsp3) is 0.619. The number of benzene rings is 1. The Morgan fingerprint density at radius 3 is 2.36 bits per heavy atom. The highest BCUT2D eigenvalue weighted by atomic mass is 32.1. The summed E-state index contributed by atoms with van der Waals surface area (Å²) in [7, 11) is 0. The van der Waals surface area contributed by atoms with Crippen LogP contribution in [0.1, 0.15) is 70.7 Å². The van der Waals surface area contributed by atoms with Crippen LogP contribution in [0.15, 0.2) is 24.3 Å². The Balaban J connectivity index is 0.00000116. The maximum atomic E-state index is 2.41. The molecule has 124 valence electrons. The van der Waals surface area contributed by atoms with E-state index in [9.17, 15) is 0 Å². The topological polar surface area (TPSA) is 0 Å². The first-order valence-corrected chi connectivity index (χ1v) is 9.85. The molecule has 0 bridgehead atoms. The van der Waals surface area contributed by atoms with Crippen molar-refractivity contribution in [3.63, 3.8) is 0 Å². The molecule has 0 saturated carbocycles. The zero-order chi connectivity index (χ0) is 16.5. The first-order valence-electron chi connectivity index (χ1n) is 9.03. The fourth-order valence-corrected chi connectivity index (χ4v) is 3.72. The van der Waals surface area contributed by atoms with Crippen LogP contribution >= 0.6 is 11.3 Å². The Labute approximate surface area is 142 Å². The Bertz CT molecular complexity index is 536. The van der Waals surface area contributed by atoms with E-state index in [1.54, 1.807) is 0 Å². The predicted molar refractivity (Wildman–Crippen MR) is 104 cm³/mol. The average molecular weight is 319 g/mol. The van der Waals surface area contributed by atoms with Gasteiger partial charge in [-0.15, -0.1) is 11.3 Å². The van der Waals surface area contributed by atoms with Gasteiger partial charge in [0.15, 0.2) is 0 Å². The Morgan fingerprint density at radius 2 is 1.68 bits per heavy atom. The Morgan fingerprint density at radius 1 is 0.955 bits per heavy atom. The zero-order valence-electron chi connectivity index (χ0n) is 15.4. The minimum absolute atomic E-state index is 0.853. The smallest absolute Gasteiger partial charge is 0.0345 e. The molecule has 0 aliphatic carbocycles. The molecule has 2 aromatic rings. The summed E-state index contributed by atoms with van der Waals surface area (Å²) >= 11 is 1.90. The monoisotopic (exact) mass is 318 g/mol. The van der Waals surface area contributed by atoms with Gasteiger partial charge in [-0.05, 0) is 54.7 Å². The summed E-state index contributed by atoms with van der Waals surface area (Å²) in [5.74, 6) is 1.71. The van der Waals surface area contributed by atoms with E-state index in [0.717, 1.165) is 11.8 Å². The highest BCUT2D eigenvalue weighted by Crippen LogP contribution is 2.27. The second-order valence-corrected chi connectivity index (χ2v) is 7.99. The van der Waals surface area contributed by atoms with Crippen molar-refractivity contribution in [1.29, 1.82) is 0 Å². The van der Waals surface area contributed by atoms with E-state index in [4.69, 9.17) is 0 Å². The van der Waals surface area contributed by atoms with Crippen LogP contribution in [0.4, 0.5) is 0 Å². The number of aryl methyl sites for hydroxylation is 2. The first kappa shape index (κ1) is 19.2. The van der Waals surface area contributed by atoms with Gasteiger partial charge in [0.2, 0.25) is 0 Å². The first-order chi connectivity index (χ1) is 10.5. The van der Waals surface area contributed by atoms with E-state index in [1.807, 2.05) is 25.2 Å². The normalized spacial score (nSPS) is 12.3. The van der Waals surface area contributed by atoms with E-state index >= 15 is 0 Å². The van der Waals surface area contributed by atoms with Gasteiger partial charge in [-0.3, -0.25) is 0 Å². The van der Waals surface area contributed by atoms with Crippen LogP contribution in [-0.2, 0) is 6.42 Å². The molecule has 0 N–H and O–H groups in total. The van der Waals surface area contributed by atoms with Crippen LogP contribution in [0.2, 0.25) is 0 Å².